The normalized spacial score (nSPS) is 12.4. The van der Waals surface area contributed by atoms with Crippen LogP contribution in [0.15, 0.2) is 12.4 Å². The lowest BCUT2D eigenvalue weighted by atomic mass is 10.2. The van der Waals surface area contributed by atoms with Gasteiger partial charge in [-0.05, 0) is 13.8 Å². The number of aryl methyl sites for hydroxylation is 1. The Morgan fingerprint density at radius 3 is 3.14 bits per heavy atom. The second-order valence-corrected chi connectivity index (χ2v) is 3.29. The Balaban J connectivity index is 2.35. The van der Waals surface area contributed by atoms with Crippen LogP contribution in [0.4, 0.5) is 0 Å². The van der Waals surface area contributed by atoms with Crippen LogP contribution in [0.5, 0.6) is 0 Å². The zero-order valence-corrected chi connectivity index (χ0v) is 8.70. The van der Waals surface area contributed by atoms with Crippen LogP contribution in [0.2, 0.25) is 0 Å². The van der Waals surface area contributed by atoms with Crippen LogP contribution in [0.25, 0.3) is 0 Å². The third kappa shape index (κ3) is 2.86. The Bertz CT molecular complexity index is 310. The smallest absolute Gasteiger partial charge is 0.122 e. The van der Waals surface area contributed by atoms with Crippen LogP contribution in [0, 0.1) is 17.2 Å². The molecular weight excluding hydrogens is 176 g/mol. The van der Waals surface area contributed by atoms with E-state index in [-0.39, 0.29) is 5.92 Å². The zero-order chi connectivity index (χ0) is 10.4. The number of aromatic nitrogens is 2. The van der Waals surface area contributed by atoms with E-state index < -0.39 is 0 Å². The minimum Gasteiger partial charge on any atom is -0.334 e. The highest BCUT2D eigenvalue weighted by atomic mass is 15.1. The van der Waals surface area contributed by atoms with E-state index in [1.165, 1.54) is 0 Å². The number of imidazole rings is 1. The van der Waals surface area contributed by atoms with Crippen LogP contribution in [-0.2, 0) is 13.1 Å². The molecule has 0 aromatic carbocycles. The first kappa shape index (κ1) is 10.7. The molecule has 1 N–H and O–H groups in total. The molecule has 4 nitrogen and oxygen atoms in total. The van der Waals surface area contributed by atoms with Crippen molar-refractivity contribution in [2.24, 2.45) is 5.92 Å². The molecule has 0 saturated heterocycles. The van der Waals surface area contributed by atoms with Gasteiger partial charge in [0.05, 0.1) is 18.5 Å². The second kappa shape index (κ2) is 5.40. The average Bonchev–Trinajstić information content (AvgIpc) is 2.65. The Hall–Kier alpha value is -1.34. The number of rotatable bonds is 5. The summed E-state index contributed by atoms with van der Waals surface area (Å²) in [4.78, 5) is 4.23. The molecule has 0 aliphatic rings. The highest BCUT2D eigenvalue weighted by Gasteiger charge is 2.02. The SMILES string of the molecule is CCn1ccnc1CNCC(C)C#N. The highest BCUT2D eigenvalue weighted by Crippen LogP contribution is 1.97. The first-order valence-corrected chi connectivity index (χ1v) is 4.88. The Morgan fingerprint density at radius 2 is 2.50 bits per heavy atom. The fourth-order valence-corrected chi connectivity index (χ4v) is 1.24. The van der Waals surface area contributed by atoms with E-state index in [2.05, 4.69) is 27.9 Å². The standard InChI is InChI=1S/C10H16N4/c1-3-14-5-4-13-10(14)8-12-7-9(2)6-11/h4-5,9,12H,3,7-8H2,1-2H3. The minimum atomic E-state index is 0.0556. The largest absolute Gasteiger partial charge is 0.334 e. The second-order valence-electron chi connectivity index (χ2n) is 3.29. The van der Waals surface area contributed by atoms with Crippen LogP contribution >= 0.6 is 0 Å². The van der Waals surface area contributed by atoms with Gasteiger partial charge in [0.2, 0.25) is 0 Å². The fraction of sp³-hybridized carbons (Fsp3) is 0.600. The van der Waals surface area contributed by atoms with E-state index in [0.717, 1.165) is 18.9 Å². The quantitative estimate of drug-likeness (QED) is 0.761. The summed E-state index contributed by atoms with van der Waals surface area (Å²) in [6.07, 6.45) is 3.76. The van der Waals surface area contributed by atoms with Gasteiger partial charge in [0.15, 0.2) is 0 Å². The zero-order valence-electron chi connectivity index (χ0n) is 8.70. The van der Waals surface area contributed by atoms with E-state index in [9.17, 15) is 0 Å². The fourth-order valence-electron chi connectivity index (χ4n) is 1.24. The summed E-state index contributed by atoms with van der Waals surface area (Å²) in [5, 5.41) is 11.8. The molecule has 0 spiro atoms. The molecule has 1 rings (SSSR count). The predicted molar refractivity (Wildman–Crippen MR) is 54.4 cm³/mol. The maximum atomic E-state index is 8.58. The van der Waals surface area contributed by atoms with Crippen LogP contribution < -0.4 is 5.32 Å². The van der Waals surface area contributed by atoms with Crippen molar-refractivity contribution in [3.8, 4) is 6.07 Å². The van der Waals surface area contributed by atoms with Crippen molar-refractivity contribution < 1.29 is 0 Å². The molecule has 1 unspecified atom stereocenters. The molecule has 0 aliphatic heterocycles. The van der Waals surface area contributed by atoms with Crippen molar-refractivity contribution >= 4 is 0 Å². The average molecular weight is 192 g/mol. The van der Waals surface area contributed by atoms with Crippen molar-refractivity contribution in [2.45, 2.75) is 26.9 Å². The summed E-state index contributed by atoms with van der Waals surface area (Å²) < 4.78 is 2.09. The van der Waals surface area contributed by atoms with Gasteiger partial charge in [-0.1, -0.05) is 0 Å². The van der Waals surface area contributed by atoms with Crippen LogP contribution in [0.3, 0.4) is 0 Å². The Labute approximate surface area is 84.6 Å². The first-order valence-electron chi connectivity index (χ1n) is 4.88. The lowest BCUT2D eigenvalue weighted by molar-refractivity contribution is 0.566. The summed E-state index contributed by atoms with van der Waals surface area (Å²) in [6, 6.07) is 2.18. The maximum Gasteiger partial charge on any atom is 0.122 e. The molecule has 14 heavy (non-hydrogen) atoms. The molecule has 1 atom stereocenters. The summed E-state index contributed by atoms with van der Waals surface area (Å²) in [5.74, 6) is 1.08. The number of nitrogens with one attached hydrogen (secondary N) is 1. The lowest BCUT2D eigenvalue weighted by Crippen LogP contribution is -2.21. The summed E-state index contributed by atoms with van der Waals surface area (Å²) in [7, 11) is 0. The molecule has 4 heteroatoms. The van der Waals surface area contributed by atoms with Gasteiger partial charge in [0.25, 0.3) is 0 Å². The topological polar surface area (TPSA) is 53.6 Å². The molecule has 0 radical (unpaired) electrons. The van der Waals surface area contributed by atoms with Crippen LogP contribution in [-0.4, -0.2) is 16.1 Å². The molecule has 0 fully saturated rings. The molecule has 0 amide bonds. The van der Waals surface area contributed by atoms with E-state index in [1.807, 2.05) is 13.1 Å². The predicted octanol–water partition coefficient (Wildman–Crippen LogP) is 1.15. The van der Waals surface area contributed by atoms with E-state index in [0.29, 0.717) is 6.54 Å². The molecule has 1 aromatic heterocycles. The first-order chi connectivity index (χ1) is 6.77. The number of hydrogen-bond donors (Lipinski definition) is 1. The van der Waals surface area contributed by atoms with Gasteiger partial charge < -0.3 is 9.88 Å². The monoisotopic (exact) mass is 192 g/mol. The molecule has 76 valence electrons. The number of nitriles is 1. The molecule has 0 aliphatic carbocycles. The van der Waals surface area contributed by atoms with Crippen molar-refractivity contribution in [1.29, 1.82) is 5.26 Å². The van der Waals surface area contributed by atoms with Gasteiger partial charge in [-0.15, -0.1) is 0 Å². The molecule has 1 heterocycles. The molecule has 0 saturated carbocycles. The van der Waals surface area contributed by atoms with E-state index >= 15 is 0 Å². The molecule has 1 aromatic rings. The highest BCUT2D eigenvalue weighted by molar-refractivity contribution is 4.92. The van der Waals surface area contributed by atoms with Crippen molar-refractivity contribution in [1.82, 2.24) is 14.9 Å². The number of nitrogens with zero attached hydrogens (tertiary/aromatic N) is 3. The summed E-state index contributed by atoms with van der Waals surface area (Å²) in [5.41, 5.74) is 0. The lowest BCUT2D eigenvalue weighted by Gasteiger charge is -2.07. The van der Waals surface area contributed by atoms with Gasteiger partial charge >= 0.3 is 0 Å². The Kier molecular flexibility index (Phi) is 4.14. The maximum absolute atomic E-state index is 8.58. The van der Waals surface area contributed by atoms with Crippen molar-refractivity contribution in [3.63, 3.8) is 0 Å². The summed E-state index contributed by atoms with van der Waals surface area (Å²) in [6.45, 7) is 6.37. The number of hydrogen-bond acceptors (Lipinski definition) is 3. The van der Waals surface area contributed by atoms with Gasteiger partial charge in [0.1, 0.15) is 5.82 Å². The van der Waals surface area contributed by atoms with Gasteiger partial charge in [-0.25, -0.2) is 4.98 Å². The van der Waals surface area contributed by atoms with Gasteiger partial charge in [-0.2, -0.15) is 5.26 Å². The third-order valence-corrected chi connectivity index (χ3v) is 2.10. The van der Waals surface area contributed by atoms with Crippen LogP contribution in [0.1, 0.15) is 19.7 Å². The van der Waals surface area contributed by atoms with E-state index in [4.69, 9.17) is 5.26 Å². The molecular formula is C10H16N4. The van der Waals surface area contributed by atoms with E-state index in [1.54, 1.807) is 6.20 Å². The third-order valence-electron chi connectivity index (χ3n) is 2.10. The van der Waals surface area contributed by atoms with Gasteiger partial charge in [-0.3, -0.25) is 0 Å². The molecule has 0 bridgehead atoms. The van der Waals surface area contributed by atoms with Crippen molar-refractivity contribution in [2.75, 3.05) is 6.54 Å². The summed E-state index contributed by atoms with van der Waals surface area (Å²) >= 11 is 0. The Morgan fingerprint density at radius 1 is 1.71 bits per heavy atom. The van der Waals surface area contributed by atoms with Crippen molar-refractivity contribution in [3.05, 3.63) is 18.2 Å². The minimum absolute atomic E-state index is 0.0556. The van der Waals surface area contributed by atoms with Gasteiger partial charge in [0, 0.05) is 25.5 Å².